The summed E-state index contributed by atoms with van der Waals surface area (Å²) in [6, 6.07) is 25.9. The molecular formula is C58H38N2O. The molecule has 0 saturated heterocycles. The van der Waals surface area contributed by atoms with Crippen molar-refractivity contribution in [3.05, 3.63) is 230 Å². The van der Waals surface area contributed by atoms with Crippen LogP contribution >= 0.6 is 0 Å². The molecule has 0 radical (unpaired) electrons. The van der Waals surface area contributed by atoms with Crippen molar-refractivity contribution in [3.8, 4) is 39.1 Å². The Morgan fingerprint density at radius 2 is 1.08 bits per heavy atom. The third-order valence-electron chi connectivity index (χ3n) is 10.9. The number of para-hydroxylation sites is 2. The molecule has 0 fully saturated rings. The lowest BCUT2D eigenvalue weighted by molar-refractivity contribution is 0.672. The number of benzene rings is 10. The molecule has 0 aliphatic carbocycles. The van der Waals surface area contributed by atoms with Gasteiger partial charge in [-0.3, -0.25) is 0 Å². The van der Waals surface area contributed by atoms with Crippen molar-refractivity contribution >= 4 is 71.6 Å². The topological polar surface area (TPSA) is 21.3 Å². The Labute approximate surface area is 377 Å². The van der Waals surface area contributed by atoms with Gasteiger partial charge in [0.25, 0.3) is 0 Å². The van der Waals surface area contributed by atoms with Crippen LogP contribution in [-0.2, 0) is 0 Å². The molecule has 2 aromatic heterocycles. The first-order chi connectivity index (χ1) is 37.4. The largest absolute Gasteiger partial charge is 0.455 e. The van der Waals surface area contributed by atoms with E-state index in [4.69, 9.17) is 14.0 Å². The van der Waals surface area contributed by atoms with Crippen LogP contribution in [0.15, 0.2) is 235 Å². The molecule has 0 atom stereocenters. The molecule has 0 bridgehead atoms. The van der Waals surface area contributed by atoms with Crippen molar-refractivity contribution in [2.45, 2.75) is 0 Å². The zero-order valence-corrected chi connectivity index (χ0v) is 31.9. The number of aromatic nitrogens is 1. The number of rotatable bonds is 7. The third kappa shape index (κ3) is 5.82. The fourth-order valence-electron chi connectivity index (χ4n) is 8.22. The first-order valence-electron chi connectivity index (χ1n) is 28.0. The average Bonchev–Trinajstić information content (AvgIpc) is 4.06. The highest BCUT2D eigenvalue weighted by Crippen LogP contribution is 2.46. The maximum Gasteiger partial charge on any atom is 0.143 e. The number of anilines is 3. The molecule has 3 heteroatoms. The third-order valence-corrected chi connectivity index (χ3v) is 10.9. The molecule has 0 amide bonds. The number of nitrogens with zero attached hydrogens (tertiary/aromatic N) is 2. The molecule has 0 unspecified atom stereocenters. The molecule has 61 heavy (non-hydrogen) atoms. The number of hydrogen-bond donors (Lipinski definition) is 0. The number of hydrogen-bond acceptors (Lipinski definition) is 2. The van der Waals surface area contributed by atoms with Gasteiger partial charge in [-0.1, -0.05) is 163 Å². The molecule has 0 N–H and O–H groups in total. The first kappa shape index (κ1) is 21.7. The van der Waals surface area contributed by atoms with Crippen LogP contribution in [0.2, 0.25) is 0 Å². The van der Waals surface area contributed by atoms with Gasteiger partial charge in [-0.15, -0.1) is 0 Å². The van der Waals surface area contributed by atoms with Crippen molar-refractivity contribution in [2.75, 3.05) is 4.90 Å². The molecular weight excluding hydrogens is 741 g/mol. The summed E-state index contributed by atoms with van der Waals surface area (Å²) in [4.78, 5) is 1.20. The van der Waals surface area contributed by atoms with Gasteiger partial charge in [-0.25, -0.2) is 0 Å². The summed E-state index contributed by atoms with van der Waals surface area (Å²) in [6.07, 6.45) is 0. The van der Waals surface area contributed by atoms with Crippen LogP contribution in [0.25, 0.3) is 93.6 Å². The Morgan fingerprint density at radius 1 is 0.426 bits per heavy atom. The standard InChI is InChI=1S/C58H38N2O/c1-3-14-39(15-4-1)40-28-30-41(31-29-40)42-32-35-46(36-33-42)59(54-26-13-27-55-57(54)51-37-34-43-16-7-8-21-49(43)58(51)61-55)47-20-11-17-44(38-47)48-23-12-25-53-56(48)50-22-9-10-24-52(50)60(53)45-18-5-2-6-19-45/h1-38H/i1D,3D,4D,11D,14D,15D,17D,20D,28D,29D,30D,31D,32D,33D,35D,36D,38D. The van der Waals surface area contributed by atoms with E-state index < -0.39 is 136 Å². The Kier molecular flexibility index (Phi) is 5.10. The van der Waals surface area contributed by atoms with Gasteiger partial charge >= 0.3 is 0 Å². The van der Waals surface area contributed by atoms with Crippen molar-refractivity contribution in [2.24, 2.45) is 0 Å². The summed E-state index contributed by atoms with van der Waals surface area (Å²) < 4.78 is 165. The van der Waals surface area contributed by atoms with E-state index in [1.807, 2.05) is 97.1 Å². The van der Waals surface area contributed by atoms with E-state index in [9.17, 15) is 13.7 Å². The van der Waals surface area contributed by atoms with Crippen LogP contribution in [0, 0.1) is 0 Å². The Bertz CT molecular complexity index is 4520. The predicted molar refractivity (Wildman–Crippen MR) is 257 cm³/mol. The van der Waals surface area contributed by atoms with Gasteiger partial charge in [0, 0.05) is 38.6 Å². The van der Waals surface area contributed by atoms with E-state index in [1.54, 1.807) is 30.3 Å². The fraction of sp³-hybridized carbons (Fsp3) is 0. The summed E-state index contributed by atoms with van der Waals surface area (Å²) in [7, 11) is 0. The maximum absolute atomic E-state index is 10.3. The van der Waals surface area contributed by atoms with Gasteiger partial charge in [0.2, 0.25) is 0 Å². The van der Waals surface area contributed by atoms with E-state index in [2.05, 4.69) is 4.57 Å². The van der Waals surface area contributed by atoms with Crippen molar-refractivity contribution in [1.29, 1.82) is 0 Å². The molecule has 0 spiro atoms. The first-order valence-corrected chi connectivity index (χ1v) is 19.5. The zero-order valence-electron chi connectivity index (χ0n) is 48.9. The van der Waals surface area contributed by atoms with E-state index in [0.717, 1.165) is 27.4 Å². The van der Waals surface area contributed by atoms with Gasteiger partial charge in [-0.05, 0) is 105 Å². The van der Waals surface area contributed by atoms with Crippen LogP contribution < -0.4 is 4.90 Å². The van der Waals surface area contributed by atoms with Crippen LogP contribution in [0.1, 0.15) is 23.3 Å². The second kappa shape index (κ2) is 14.3. The SMILES string of the molecule is [2H]c1c([2H])c([2H])c(-c2c([2H])c([2H])c(-c3c([2H])c([2H])c(N(c4c([2H])c([2H])c([2H])c(-c5cccc6c5c5ccccc5n6-c5ccccc5)c4[2H])c4cccc5oc6c7ccccc7ccc6c45)c([2H])c3[2H])c([2H])c2[2H])c([2H])c1[2H]. The quantitative estimate of drug-likeness (QED) is 0.160. The second-order valence-corrected chi connectivity index (χ2v) is 14.3. The highest BCUT2D eigenvalue weighted by atomic mass is 16.3. The van der Waals surface area contributed by atoms with Gasteiger partial charge in [0.15, 0.2) is 0 Å². The summed E-state index contributed by atoms with van der Waals surface area (Å²) in [6.45, 7) is 0. The van der Waals surface area contributed by atoms with Crippen LogP contribution in [-0.4, -0.2) is 4.57 Å². The van der Waals surface area contributed by atoms with Crippen LogP contribution in [0.3, 0.4) is 0 Å². The summed E-state index contributed by atoms with van der Waals surface area (Å²) in [5.41, 5.74) is 0.0247. The normalized spacial score (nSPS) is 15.5. The van der Waals surface area contributed by atoms with Crippen LogP contribution in [0.5, 0.6) is 0 Å². The molecule has 10 aromatic carbocycles. The van der Waals surface area contributed by atoms with Crippen LogP contribution in [0.4, 0.5) is 17.1 Å². The van der Waals surface area contributed by atoms with Gasteiger partial charge in [0.1, 0.15) is 11.2 Å². The highest BCUT2D eigenvalue weighted by Gasteiger charge is 2.22. The van der Waals surface area contributed by atoms with Gasteiger partial charge in [-0.2, -0.15) is 0 Å². The smallest absolute Gasteiger partial charge is 0.143 e. The molecule has 2 heterocycles. The lowest BCUT2D eigenvalue weighted by Gasteiger charge is -2.27. The highest BCUT2D eigenvalue weighted by molar-refractivity contribution is 6.20. The summed E-state index contributed by atoms with van der Waals surface area (Å²) >= 11 is 0. The van der Waals surface area contributed by atoms with Crippen molar-refractivity contribution in [3.63, 3.8) is 0 Å². The molecule has 0 aliphatic rings. The minimum atomic E-state index is -0.885. The predicted octanol–water partition coefficient (Wildman–Crippen LogP) is 16.3. The fourth-order valence-corrected chi connectivity index (χ4v) is 8.22. The monoisotopic (exact) mass is 795 g/mol. The number of furan rings is 1. The number of fused-ring (bicyclic) bond motifs is 8. The second-order valence-electron chi connectivity index (χ2n) is 14.3. The summed E-state index contributed by atoms with van der Waals surface area (Å²) in [5, 5.41) is 3.91. The maximum atomic E-state index is 10.3. The molecule has 12 rings (SSSR count). The minimum Gasteiger partial charge on any atom is -0.455 e. The Hall–Kier alpha value is -8.14. The summed E-state index contributed by atoms with van der Waals surface area (Å²) in [5.74, 6) is 0. The lowest BCUT2D eigenvalue weighted by Crippen LogP contribution is -2.10. The Balaban J connectivity index is 1.17. The Morgan fingerprint density at radius 3 is 1.89 bits per heavy atom. The zero-order chi connectivity index (χ0) is 55.1. The van der Waals surface area contributed by atoms with Crippen molar-refractivity contribution < 1.29 is 27.7 Å². The van der Waals surface area contributed by atoms with Crippen molar-refractivity contribution in [1.82, 2.24) is 4.57 Å². The van der Waals surface area contributed by atoms with Gasteiger partial charge in [0.05, 0.1) is 45.4 Å². The molecule has 286 valence electrons. The van der Waals surface area contributed by atoms with E-state index in [0.29, 0.717) is 38.4 Å². The minimum absolute atomic E-state index is 0.0671. The molecule has 0 aliphatic heterocycles. The van der Waals surface area contributed by atoms with E-state index in [1.165, 1.54) is 4.90 Å². The molecule has 3 nitrogen and oxygen atoms in total. The van der Waals surface area contributed by atoms with Gasteiger partial charge < -0.3 is 13.9 Å². The average molecular weight is 796 g/mol. The molecule has 0 saturated carbocycles. The lowest BCUT2D eigenvalue weighted by atomic mass is 9.98. The molecule has 12 aromatic rings. The van der Waals surface area contributed by atoms with E-state index >= 15 is 0 Å². The van der Waals surface area contributed by atoms with E-state index in [-0.39, 0.29) is 11.3 Å².